The minimum atomic E-state index is -0.419. The van der Waals surface area contributed by atoms with Gasteiger partial charge in [0, 0.05) is 28.2 Å². The van der Waals surface area contributed by atoms with Crippen molar-refractivity contribution in [2.45, 2.75) is 33.6 Å². The van der Waals surface area contributed by atoms with Crippen molar-refractivity contribution in [2.75, 3.05) is 6.61 Å². The largest absolute Gasteiger partial charge is 0.391 e. The molecule has 2 aromatic rings. The summed E-state index contributed by atoms with van der Waals surface area (Å²) in [6.45, 7) is 10.6. The first kappa shape index (κ1) is 18.0. The van der Waals surface area contributed by atoms with E-state index in [1.54, 1.807) is 18.2 Å². The molecule has 0 bridgehead atoms. The first-order chi connectivity index (χ1) is 12.3. The van der Waals surface area contributed by atoms with Crippen LogP contribution in [0.3, 0.4) is 0 Å². The maximum atomic E-state index is 11.3. The van der Waals surface area contributed by atoms with E-state index >= 15 is 0 Å². The molecule has 1 aromatic heterocycles. The standard InChI is InChI=1S/C21H25N3O2/c1-5-10-26-23-18-12-21(3,4)13-19-17(18)11-14(2)24(19)16-8-6-15(7-9-16)20(22)25/h5-9,11H,1,10,12-13H2,2-4H3,(H2,22,25). The molecule has 0 unspecified atom stereocenters. The molecule has 1 aromatic carbocycles. The lowest BCUT2D eigenvalue weighted by molar-refractivity contribution is 0.100. The summed E-state index contributed by atoms with van der Waals surface area (Å²) in [6.07, 6.45) is 3.49. The molecule has 0 fully saturated rings. The molecule has 0 spiro atoms. The average Bonchev–Trinajstić information content (AvgIpc) is 2.90. The number of hydrogen-bond acceptors (Lipinski definition) is 3. The Bertz CT molecular complexity index is 873. The Hall–Kier alpha value is -2.82. The van der Waals surface area contributed by atoms with E-state index in [1.807, 2.05) is 12.1 Å². The molecule has 1 aliphatic carbocycles. The molecule has 0 radical (unpaired) electrons. The number of nitrogens with two attached hydrogens (primary N) is 1. The van der Waals surface area contributed by atoms with Gasteiger partial charge in [0.1, 0.15) is 6.61 Å². The predicted molar refractivity (Wildman–Crippen MR) is 104 cm³/mol. The fourth-order valence-electron chi connectivity index (χ4n) is 3.56. The third-order valence-electron chi connectivity index (χ3n) is 4.67. The minimum Gasteiger partial charge on any atom is -0.391 e. The van der Waals surface area contributed by atoms with Gasteiger partial charge in [-0.05, 0) is 55.5 Å². The van der Waals surface area contributed by atoms with Gasteiger partial charge in [0.2, 0.25) is 5.91 Å². The van der Waals surface area contributed by atoms with E-state index in [1.165, 1.54) is 5.69 Å². The van der Waals surface area contributed by atoms with E-state index in [-0.39, 0.29) is 5.41 Å². The molecule has 1 heterocycles. The third kappa shape index (κ3) is 3.43. The van der Waals surface area contributed by atoms with Crippen LogP contribution in [0.25, 0.3) is 5.69 Å². The van der Waals surface area contributed by atoms with E-state index in [0.29, 0.717) is 12.2 Å². The Morgan fingerprint density at radius 1 is 1.35 bits per heavy atom. The molecule has 2 N–H and O–H groups in total. The van der Waals surface area contributed by atoms with Gasteiger partial charge in [-0.25, -0.2) is 0 Å². The quantitative estimate of drug-likeness (QED) is 0.506. The molecular weight excluding hydrogens is 326 g/mol. The number of rotatable bonds is 5. The van der Waals surface area contributed by atoms with Crippen LogP contribution in [0.15, 0.2) is 48.1 Å². The van der Waals surface area contributed by atoms with Crippen molar-refractivity contribution >= 4 is 11.6 Å². The topological polar surface area (TPSA) is 69.6 Å². The highest BCUT2D eigenvalue weighted by Crippen LogP contribution is 2.38. The van der Waals surface area contributed by atoms with E-state index in [9.17, 15) is 4.79 Å². The number of amides is 1. The van der Waals surface area contributed by atoms with Crippen LogP contribution >= 0.6 is 0 Å². The average molecular weight is 351 g/mol. The summed E-state index contributed by atoms with van der Waals surface area (Å²) in [6, 6.07) is 9.54. The van der Waals surface area contributed by atoms with Crippen LogP contribution in [0.4, 0.5) is 0 Å². The van der Waals surface area contributed by atoms with Crippen LogP contribution in [0.2, 0.25) is 0 Å². The van der Waals surface area contributed by atoms with Crippen molar-refractivity contribution in [3.63, 3.8) is 0 Å². The van der Waals surface area contributed by atoms with Crippen molar-refractivity contribution < 1.29 is 9.63 Å². The number of hydrogen-bond donors (Lipinski definition) is 1. The number of aryl methyl sites for hydroxylation is 1. The van der Waals surface area contributed by atoms with Crippen molar-refractivity contribution in [3.8, 4) is 5.69 Å². The predicted octanol–water partition coefficient (Wildman–Crippen LogP) is 3.76. The lowest BCUT2D eigenvalue weighted by Gasteiger charge is -2.31. The lowest BCUT2D eigenvalue weighted by Crippen LogP contribution is -2.28. The zero-order chi connectivity index (χ0) is 18.9. The van der Waals surface area contributed by atoms with Crippen LogP contribution in [-0.2, 0) is 11.3 Å². The number of fused-ring (bicyclic) bond motifs is 1. The Balaban J connectivity index is 2.08. The van der Waals surface area contributed by atoms with Gasteiger partial charge in [0.15, 0.2) is 0 Å². The van der Waals surface area contributed by atoms with Gasteiger partial charge in [-0.15, -0.1) is 0 Å². The van der Waals surface area contributed by atoms with Crippen molar-refractivity contribution in [1.82, 2.24) is 4.57 Å². The molecule has 0 aliphatic heterocycles. The molecule has 26 heavy (non-hydrogen) atoms. The Morgan fingerprint density at radius 3 is 2.65 bits per heavy atom. The normalized spacial score (nSPS) is 17.0. The number of oxime groups is 1. The van der Waals surface area contributed by atoms with Crippen LogP contribution in [0, 0.1) is 12.3 Å². The summed E-state index contributed by atoms with van der Waals surface area (Å²) in [7, 11) is 0. The third-order valence-corrected chi connectivity index (χ3v) is 4.67. The zero-order valence-corrected chi connectivity index (χ0v) is 15.6. The summed E-state index contributed by atoms with van der Waals surface area (Å²) >= 11 is 0. The van der Waals surface area contributed by atoms with Gasteiger partial charge in [0.25, 0.3) is 0 Å². The van der Waals surface area contributed by atoms with Gasteiger partial charge < -0.3 is 15.1 Å². The minimum absolute atomic E-state index is 0.0824. The molecule has 3 rings (SSSR count). The molecule has 0 saturated carbocycles. The second-order valence-electron chi connectivity index (χ2n) is 7.53. The van der Waals surface area contributed by atoms with Gasteiger partial charge in [-0.1, -0.05) is 31.7 Å². The number of aromatic nitrogens is 1. The summed E-state index contributed by atoms with van der Waals surface area (Å²) in [4.78, 5) is 16.7. The summed E-state index contributed by atoms with van der Waals surface area (Å²) in [5.74, 6) is -0.419. The second-order valence-corrected chi connectivity index (χ2v) is 7.53. The van der Waals surface area contributed by atoms with Crippen molar-refractivity contribution in [3.05, 3.63) is 65.5 Å². The van der Waals surface area contributed by atoms with Crippen LogP contribution in [-0.4, -0.2) is 22.8 Å². The second kappa shape index (κ2) is 6.83. The molecular formula is C21H25N3O2. The van der Waals surface area contributed by atoms with Gasteiger partial charge in [-0.3, -0.25) is 4.79 Å². The molecule has 1 amide bonds. The highest BCUT2D eigenvalue weighted by molar-refractivity contribution is 6.03. The number of nitrogens with zero attached hydrogens (tertiary/aromatic N) is 2. The number of benzene rings is 1. The maximum Gasteiger partial charge on any atom is 0.248 e. The lowest BCUT2D eigenvalue weighted by atomic mass is 9.76. The van der Waals surface area contributed by atoms with Crippen LogP contribution in [0.1, 0.15) is 47.6 Å². The van der Waals surface area contributed by atoms with E-state index in [2.05, 4.69) is 43.1 Å². The summed E-state index contributed by atoms with van der Waals surface area (Å²) < 4.78 is 2.23. The number of primary amides is 1. The molecule has 1 aliphatic rings. The van der Waals surface area contributed by atoms with Gasteiger partial charge in [0.05, 0.1) is 5.71 Å². The molecule has 5 nitrogen and oxygen atoms in total. The first-order valence-electron chi connectivity index (χ1n) is 8.74. The van der Waals surface area contributed by atoms with Crippen molar-refractivity contribution in [2.24, 2.45) is 16.3 Å². The number of carbonyl (C=O) groups excluding carboxylic acids is 1. The molecule has 0 saturated heterocycles. The van der Waals surface area contributed by atoms with E-state index in [0.717, 1.165) is 35.5 Å². The fourth-order valence-corrected chi connectivity index (χ4v) is 3.56. The zero-order valence-electron chi connectivity index (χ0n) is 15.6. The highest BCUT2D eigenvalue weighted by Gasteiger charge is 2.33. The fraction of sp³-hybridized carbons (Fsp3) is 0.333. The van der Waals surface area contributed by atoms with Crippen LogP contribution in [0.5, 0.6) is 0 Å². The molecule has 5 heteroatoms. The first-order valence-corrected chi connectivity index (χ1v) is 8.74. The summed E-state index contributed by atoms with van der Waals surface area (Å²) in [5.41, 5.74) is 11.4. The van der Waals surface area contributed by atoms with Crippen molar-refractivity contribution in [1.29, 1.82) is 0 Å². The molecule has 136 valence electrons. The van der Waals surface area contributed by atoms with Gasteiger partial charge in [-0.2, -0.15) is 0 Å². The molecule has 0 atom stereocenters. The maximum absolute atomic E-state index is 11.3. The Morgan fingerprint density at radius 2 is 2.04 bits per heavy atom. The van der Waals surface area contributed by atoms with Crippen LogP contribution < -0.4 is 5.73 Å². The van der Waals surface area contributed by atoms with E-state index < -0.39 is 5.91 Å². The Labute approximate surface area is 154 Å². The summed E-state index contributed by atoms with van der Waals surface area (Å²) in [5, 5.41) is 4.37. The monoisotopic (exact) mass is 351 g/mol. The SMILES string of the molecule is C=CCON=C1CC(C)(C)Cc2c1cc(C)n2-c1ccc(C(N)=O)cc1. The van der Waals surface area contributed by atoms with E-state index in [4.69, 9.17) is 10.6 Å². The highest BCUT2D eigenvalue weighted by atomic mass is 16.6. The van der Waals surface area contributed by atoms with Gasteiger partial charge >= 0.3 is 0 Å². The Kier molecular flexibility index (Phi) is 4.72. The number of carbonyl (C=O) groups is 1. The smallest absolute Gasteiger partial charge is 0.248 e.